The number of allylic oxidation sites excluding steroid dienone is 2. The quantitative estimate of drug-likeness (QED) is 0.607. The molecule has 1 rings (SSSR count). The van der Waals surface area contributed by atoms with E-state index in [1.165, 1.54) is 0 Å². The Morgan fingerprint density at radius 3 is 2.44 bits per heavy atom. The second-order valence-electron chi connectivity index (χ2n) is 3.95. The van der Waals surface area contributed by atoms with E-state index in [0.717, 1.165) is 25.0 Å². The molecule has 0 spiro atoms. The fourth-order valence-corrected chi connectivity index (χ4v) is 1.51. The van der Waals surface area contributed by atoms with Gasteiger partial charge in [0.1, 0.15) is 0 Å². The summed E-state index contributed by atoms with van der Waals surface area (Å²) in [5.41, 5.74) is 8.01. The molecule has 0 radical (unpaired) electrons. The van der Waals surface area contributed by atoms with Crippen LogP contribution in [0.5, 0.6) is 0 Å². The summed E-state index contributed by atoms with van der Waals surface area (Å²) >= 11 is 0. The lowest BCUT2D eigenvalue weighted by Crippen LogP contribution is -2.09. The van der Waals surface area contributed by atoms with Crippen molar-refractivity contribution in [2.24, 2.45) is 5.73 Å². The third-order valence-electron chi connectivity index (χ3n) is 2.66. The van der Waals surface area contributed by atoms with Crippen LogP contribution in [-0.4, -0.2) is 5.78 Å². The van der Waals surface area contributed by atoms with Crippen molar-refractivity contribution >= 4 is 5.78 Å². The van der Waals surface area contributed by atoms with Gasteiger partial charge in [-0.25, -0.2) is 0 Å². The third-order valence-corrected chi connectivity index (χ3v) is 2.66. The molecule has 0 aliphatic rings. The van der Waals surface area contributed by atoms with Crippen LogP contribution in [0.3, 0.4) is 0 Å². The maximum atomic E-state index is 12.0. The molecular weight excluding hydrogens is 198 g/mol. The molecule has 2 nitrogen and oxygen atoms in total. The molecular formula is C14H19NO. The molecule has 0 amide bonds. The standard InChI is InChI=1S/C14H19NO/c1-3-4-10-13(15)11(2)14(16)12-8-6-5-7-9-12/h5-9H,3-4,10,15H2,1-2H3/b13-11-. The molecule has 0 aromatic heterocycles. The Morgan fingerprint density at radius 2 is 1.88 bits per heavy atom. The Bertz CT molecular complexity index is 379. The lowest BCUT2D eigenvalue weighted by molar-refractivity contribution is 0.103. The van der Waals surface area contributed by atoms with Gasteiger partial charge in [-0.15, -0.1) is 0 Å². The number of hydrogen-bond acceptors (Lipinski definition) is 2. The van der Waals surface area contributed by atoms with Crippen molar-refractivity contribution in [2.45, 2.75) is 33.1 Å². The summed E-state index contributed by atoms with van der Waals surface area (Å²) in [4.78, 5) is 12.0. The number of carbonyl (C=O) groups excluding carboxylic acids is 1. The normalized spacial score (nSPS) is 12.1. The summed E-state index contributed by atoms with van der Waals surface area (Å²) in [5, 5.41) is 0. The molecule has 0 saturated heterocycles. The van der Waals surface area contributed by atoms with Gasteiger partial charge in [0.25, 0.3) is 0 Å². The average Bonchev–Trinajstić information content (AvgIpc) is 2.35. The lowest BCUT2D eigenvalue weighted by atomic mass is 10.0. The van der Waals surface area contributed by atoms with Gasteiger partial charge in [-0.05, 0) is 19.8 Å². The van der Waals surface area contributed by atoms with E-state index in [9.17, 15) is 4.79 Å². The average molecular weight is 217 g/mol. The molecule has 2 heteroatoms. The first-order valence-corrected chi connectivity index (χ1v) is 5.71. The smallest absolute Gasteiger partial charge is 0.190 e. The van der Waals surface area contributed by atoms with Gasteiger partial charge < -0.3 is 5.73 Å². The molecule has 0 fully saturated rings. The topological polar surface area (TPSA) is 43.1 Å². The SMILES string of the molecule is CCCC/C(N)=C(\C)C(=O)c1ccccc1. The number of rotatable bonds is 5. The Balaban J connectivity index is 2.81. The molecule has 0 aliphatic heterocycles. The van der Waals surface area contributed by atoms with E-state index in [1.807, 2.05) is 30.3 Å². The number of Topliss-reactive ketones (excluding diaryl/α,β-unsaturated/α-hetero) is 1. The van der Waals surface area contributed by atoms with E-state index >= 15 is 0 Å². The van der Waals surface area contributed by atoms with Crippen LogP contribution >= 0.6 is 0 Å². The van der Waals surface area contributed by atoms with Gasteiger partial charge in [-0.3, -0.25) is 4.79 Å². The highest BCUT2D eigenvalue weighted by Crippen LogP contribution is 2.13. The summed E-state index contributed by atoms with van der Waals surface area (Å²) in [6.07, 6.45) is 2.93. The number of ketones is 1. The number of hydrogen-bond donors (Lipinski definition) is 1. The molecule has 0 unspecified atom stereocenters. The van der Waals surface area contributed by atoms with Crippen molar-refractivity contribution in [3.05, 3.63) is 47.2 Å². The van der Waals surface area contributed by atoms with Gasteiger partial charge >= 0.3 is 0 Å². The van der Waals surface area contributed by atoms with E-state index in [0.29, 0.717) is 11.1 Å². The highest BCUT2D eigenvalue weighted by molar-refractivity contribution is 6.08. The zero-order valence-electron chi connectivity index (χ0n) is 9.99. The second kappa shape index (κ2) is 6.11. The van der Waals surface area contributed by atoms with Crippen LogP contribution in [-0.2, 0) is 0 Å². The molecule has 2 N–H and O–H groups in total. The zero-order valence-corrected chi connectivity index (χ0v) is 9.99. The highest BCUT2D eigenvalue weighted by Gasteiger charge is 2.10. The lowest BCUT2D eigenvalue weighted by Gasteiger charge is -2.06. The fraction of sp³-hybridized carbons (Fsp3) is 0.357. The summed E-state index contributed by atoms with van der Waals surface area (Å²) in [6.45, 7) is 3.92. The molecule has 16 heavy (non-hydrogen) atoms. The molecule has 1 aromatic carbocycles. The van der Waals surface area contributed by atoms with Crippen LogP contribution in [0.1, 0.15) is 43.5 Å². The van der Waals surface area contributed by atoms with Crippen molar-refractivity contribution < 1.29 is 4.79 Å². The number of carbonyl (C=O) groups is 1. The van der Waals surface area contributed by atoms with Crippen molar-refractivity contribution in [3.63, 3.8) is 0 Å². The zero-order chi connectivity index (χ0) is 12.0. The summed E-state index contributed by atoms with van der Waals surface area (Å²) in [5.74, 6) is 0.0363. The van der Waals surface area contributed by atoms with Crippen molar-refractivity contribution in [1.29, 1.82) is 0 Å². The molecule has 0 aliphatic carbocycles. The van der Waals surface area contributed by atoms with Crippen LogP contribution in [0.4, 0.5) is 0 Å². The molecule has 1 aromatic rings. The predicted octanol–water partition coefficient (Wildman–Crippen LogP) is 3.29. The van der Waals surface area contributed by atoms with E-state index < -0.39 is 0 Å². The molecule has 0 heterocycles. The van der Waals surface area contributed by atoms with Crippen LogP contribution in [0.15, 0.2) is 41.6 Å². The second-order valence-corrected chi connectivity index (χ2v) is 3.95. The summed E-state index contributed by atoms with van der Waals surface area (Å²) in [6, 6.07) is 9.26. The first-order valence-electron chi connectivity index (χ1n) is 5.71. The maximum Gasteiger partial charge on any atom is 0.190 e. The van der Waals surface area contributed by atoms with Gasteiger partial charge in [0.05, 0.1) is 0 Å². The largest absolute Gasteiger partial charge is 0.402 e. The molecule has 0 bridgehead atoms. The van der Waals surface area contributed by atoms with Crippen molar-refractivity contribution in [3.8, 4) is 0 Å². The first kappa shape index (κ1) is 12.5. The van der Waals surface area contributed by atoms with Crippen molar-refractivity contribution in [1.82, 2.24) is 0 Å². The van der Waals surface area contributed by atoms with E-state index in [2.05, 4.69) is 6.92 Å². The number of nitrogens with two attached hydrogens (primary N) is 1. The number of unbranched alkanes of at least 4 members (excludes halogenated alkanes) is 1. The van der Waals surface area contributed by atoms with Gasteiger partial charge in [0, 0.05) is 16.8 Å². The highest BCUT2D eigenvalue weighted by atomic mass is 16.1. The molecule has 86 valence electrons. The van der Waals surface area contributed by atoms with Crippen LogP contribution < -0.4 is 5.73 Å². The monoisotopic (exact) mass is 217 g/mol. The molecule has 0 saturated carbocycles. The van der Waals surface area contributed by atoms with Crippen LogP contribution in [0.2, 0.25) is 0 Å². The first-order chi connectivity index (χ1) is 7.66. The van der Waals surface area contributed by atoms with Gasteiger partial charge in [0.15, 0.2) is 5.78 Å². The summed E-state index contributed by atoms with van der Waals surface area (Å²) in [7, 11) is 0. The van der Waals surface area contributed by atoms with Crippen LogP contribution in [0.25, 0.3) is 0 Å². The minimum Gasteiger partial charge on any atom is -0.402 e. The summed E-state index contributed by atoms with van der Waals surface area (Å²) < 4.78 is 0. The third kappa shape index (κ3) is 3.23. The van der Waals surface area contributed by atoms with Crippen LogP contribution in [0, 0.1) is 0 Å². The fourth-order valence-electron chi connectivity index (χ4n) is 1.51. The van der Waals surface area contributed by atoms with Gasteiger partial charge in [-0.2, -0.15) is 0 Å². The van der Waals surface area contributed by atoms with E-state index in [-0.39, 0.29) is 5.78 Å². The Morgan fingerprint density at radius 1 is 1.25 bits per heavy atom. The van der Waals surface area contributed by atoms with E-state index in [1.54, 1.807) is 6.92 Å². The predicted molar refractivity (Wildman–Crippen MR) is 67.2 cm³/mol. The van der Waals surface area contributed by atoms with Gasteiger partial charge in [-0.1, -0.05) is 43.7 Å². The minimum atomic E-state index is 0.0363. The number of benzene rings is 1. The van der Waals surface area contributed by atoms with E-state index in [4.69, 9.17) is 5.73 Å². The maximum absolute atomic E-state index is 12.0. The Kier molecular flexibility index (Phi) is 4.77. The minimum absolute atomic E-state index is 0.0363. The Labute approximate surface area is 97.2 Å². The Hall–Kier alpha value is -1.57. The van der Waals surface area contributed by atoms with Gasteiger partial charge in [0.2, 0.25) is 0 Å². The molecule has 0 atom stereocenters. The van der Waals surface area contributed by atoms with Crippen molar-refractivity contribution in [2.75, 3.05) is 0 Å².